The summed E-state index contributed by atoms with van der Waals surface area (Å²) in [4.78, 5) is 27.5. The van der Waals surface area contributed by atoms with Crippen molar-refractivity contribution in [1.29, 1.82) is 0 Å². The molecule has 0 aliphatic carbocycles. The summed E-state index contributed by atoms with van der Waals surface area (Å²) in [7, 11) is 3.28. The van der Waals surface area contributed by atoms with Gasteiger partial charge in [0.05, 0.1) is 20.9 Å². The van der Waals surface area contributed by atoms with Crippen LogP contribution in [-0.2, 0) is 4.79 Å². The van der Waals surface area contributed by atoms with Crippen molar-refractivity contribution in [1.82, 2.24) is 15.1 Å². The first-order valence-electron chi connectivity index (χ1n) is 8.18. The van der Waals surface area contributed by atoms with Crippen molar-refractivity contribution in [2.45, 2.75) is 25.3 Å². The molecule has 0 saturated carbocycles. The molecule has 2 aliphatic rings. The summed E-state index contributed by atoms with van der Waals surface area (Å²) >= 11 is 0. The molecule has 2 fully saturated rings. The quantitative estimate of drug-likeness (QED) is 0.889. The van der Waals surface area contributed by atoms with Gasteiger partial charge in [0, 0.05) is 31.1 Å². The average molecular weight is 333 g/mol. The van der Waals surface area contributed by atoms with Crippen LogP contribution < -0.4 is 14.8 Å². The molecule has 7 nitrogen and oxygen atoms in total. The number of rotatable bonds is 5. The fourth-order valence-electron chi connectivity index (χ4n) is 3.39. The van der Waals surface area contributed by atoms with Gasteiger partial charge in [-0.15, -0.1) is 0 Å². The first-order chi connectivity index (χ1) is 11.6. The van der Waals surface area contributed by atoms with Gasteiger partial charge in [-0.25, -0.2) is 4.79 Å². The van der Waals surface area contributed by atoms with Gasteiger partial charge in [-0.3, -0.25) is 14.6 Å². The van der Waals surface area contributed by atoms with Crippen molar-refractivity contribution < 1.29 is 19.1 Å². The molecule has 1 N–H and O–H groups in total. The first kappa shape index (κ1) is 16.6. The Bertz CT molecular complexity index is 618. The van der Waals surface area contributed by atoms with Gasteiger partial charge in [0.2, 0.25) is 5.91 Å². The van der Waals surface area contributed by atoms with Gasteiger partial charge in [0.25, 0.3) is 0 Å². The van der Waals surface area contributed by atoms with E-state index in [4.69, 9.17) is 9.47 Å². The number of amides is 3. The normalized spacial score (nSPS) is 21.8. The monoisotopic (exact) mass is 333 g/mol. The maximum atomic E-state index is 12.1. The fourth-order valence-corrected chi connectivity index (χ4v) is 3.39. The molecule has 0 unspecified atom stereocenters. The van der Waals surface area contributed by atoms with Crippen LogP contribution in [0.15, 0.2) is 18.2 Å². The maximum absolute atomic E-state index is 12.1. The molecule has 3 amide bonds. The van der Waals surface area contributed by atoms with Gasteiger partial charge >= 0.3 is 6.03 Å². The number of nitrogens with one attached hydrogen (secondary N) is 1. The number of nitrogens with zero attached hydrogens (tertiary/aromatic N) is 2. The first-order valence-corrected chi connectivity index (χ1v) is 8.18. The van der Waals surface area contributed by atoms with E-state index in [1.54, 1.807) is 14.2 Å². The zero-order chi connectivity index (χ0) is 17.1. The minimum Gasteiger partial charge on any atom is -0.497 e. The number of hydrogen-bond acceptors (Lipinski definition) is 5. The number of hydrogen-bond donors (Lipinski definition) is 1. The Kier molecular flexibility index (Phi) is 4.89. The summed E-state index contributed by atoms with van der Waals surface area (Å²) in [5.74, 6) is 1.44. The van der Waals surface area contributed by atoms with E-state index in [1.807, 2.05) is 18.2 Å². The number of imide groups is 1. The summed E-state index contributed by atoms with van der Waals surface area (Å²) in [6.45, 7) is 1.55. The number of methoxy groups -OCH3 is 2. The van der Waals surface area contributed by atoms with Crippen LogP contribution in [-0.4, -0.2) is 55.7 Å². The SMILES string of the molecule is COc1ccc(OC)c([C@@H]2CCCN2CN2C(=O)CCNC2=O)c1. The number of carbonyl (C=O) groups excluding carboxylic acids is 2. The molecule has 0 bridgehead atoms. The Morgan fingerprint density at radius 3 is 2.79 bits per heavy atom. The third-order valence-corrected chi connectivity index (χ3v) is 4.64. The smallest absolute Gasteiger partial charge is 0.325 e. The Morgan fingerprint density at radius 2 is 2.08 bits per heavy atom. The second kappa shape index (κ2) is 7.09. The van der Waals surface area contributed by atoms with Crippen molar-refractivity contribution in [2.75, 3.05) is 34.0 Å². The van der Waals surface area contributed by atoms with Crippen LogP contribution in [0, 0.1) is 0 Å². The third-order valence-electron chi connectivity index (χ3n) is 4.64. The van der Waals surface area contributed by atoms with Gasteiger partial charge in [0.1, 0.15) is 11.5 Å². The maximum Gasteiger partial charge on any atom is 0.325 e. The molecule has 2 saturated heterocycles. The third kappa shape index (κ3) is 3.17. The molecule has 0 aromatic heterocycles. The molecule has 2 aliphatic heterocycles. The Hall–Kier alpha value is -2.28. The summed E-state index contributed by atoms with van der Waals surface area (Å²) in [6, 6.07) is 5.51. The number of benzene rings is 1. The van der Waals surface area contributed by atoms with E-state index >= 15 is 0 Å². The van der Waals surface area contributed by atoms with Crippen LogP contribution in [0.3, 0.4) is 0 Å². The van der Waals surface area contributed by atoms with E-state index in [0.717, 1.165) is 36.4 Å². The van der Waals surface area contributed by atoms with E-state index in [0.29, 0.717) is 19.6 Å². The Labute approximate surface area is 141 Å². The van der Waals surface area contributed by atoms with Gasteiger partial charge < -0.3 is 14.8 Å². The van der Waals surface area contributed by atoms with Crippen molar-refractivity contribution >= 4 is 11.9 Å². The van der Waals surface area contributed by atoms with Crippen LogP contribution in [0.5, 0.6) is 11.5 Å². The van der Waals surface area contributed by atoms with Crippen LogP contribution >= 0.6 is 0 Å². The van der Waals surface area contributed by atoms with Crippen molar-refractivity contribution in [3.8, 4) is 11.5 Å². The Morgan fingerprint density at radius 1 is 1.25 bits per heavy atom. The molecule has 24 heavy (non-hydrogen) atoms. The standard InChI is InChI=1S/C17H23N3O4/c1-23-12-5-6-15(24-2)13(10-12)14-4-3-9-19(14)11-20-16(21)7-8-18-17(20)22/h5-6,10,14H,3-4,7-9,11H2,1-2H3,(H,18,22)/t14-/m0/s1. The molecule has 0 spiro atoms. The lowest BCUT2D eigenvalue weighted by Gasteiger charge is -2.33. The van der Waals surface area contributed by atoms with Crippen molar-refractivity contribution in [2.24, 2.45) is 0 Å². The predicted molar refractivity (Wildman–Crippen MR) is 88.0 cm³/mol. The summed E-state index contributed by atoms with van der Waals surface area (Å²) in [5.41, 5.74) is 1.03. The molecule has 3 rings (SSSR count). The molecule has 1 atom stereocenters. The van der Waals surface area contributed by atoms with E-state index in [-0.39, 0.29) is 18.0 Å². The van der Waals surface area contributed by atoms with Crippen molar-refractivity contribution in [3.63, 3.8) is 0 Å². The van der Waals surface area contributed by atoms with Crippen LogP contribution in [0.4, 0.5) is 4.79 Å². The molecular weight excluding hydrogens is 310 g/mol. The van der Waals surface area contributed by atoms with E-state index < -0.39 is 0 Å². The molecule has 1 aromatic rings. The molecule has 2 heterocycles. The molecule has 130 valence electrons. The second-order valence-electron chi connectivity index (χ2n) is 6.02. The van der Waals surface area contributed by atoms with Gasteiger partial charge in [-0.2, -0.15) is 0 Å². The van der Waals surface area contributed by atoms with Crippen molar-refractivity contribution in [3.05, 3.63) is 23.8 Å². The lowest BCUT2D eigenvalue weighted by molar-refractivity contribution is -0.131. The number of ether oxygens (including phenoxy) is 2. The van der Waals surface area contributed by atoms with E-state index in [9.17, 15) is 9.59 Å². The average Bonchev–Trinajstić information content (AvgIpc) is 3.05. The van der Waals surface area contributed by atoms with E-state index in [2.05, 4.69) is 10.2 Å². The lowest BCUT2D eigenvalue weighted by atomic mass is 10.0. The molecule has 7 heteroatoms. The van der Waals surface area contributed by atoms with Crippen LogP contribution in [0.25, 0.3) is 0 Å². The number of urea groups is 1. The summed E-state index contributed by atoms with van der Waals surface area (Å²) in [6.07, 6.45) is 2.31. The van der Waals surface area contributed by atoms with Gasteiger partial charge in [-0.1, -0.05) is 0 Å². The zero-order valence-corrected chi connectivity index (χ0v) is 14.1. The highest BCUT2D eigenvalue weighted by atomic mass is 16.5. The van der Waals surface area contributed by atoms with E-state index in [1.165, 1.54) is 4.90 Å². The lowest BCUT2D eigenvalue weighted by Crippen LogP contribution is -2.53. The zero-order valence-electron chi connectivity index (χ0n) is 14.1. The highest BCUT2D eigenvalue weighted by Crippen LogP contribution is 2.38. The van der Waals surface area contributed by atoms with Crippen LogP contribution in [0.1, 0.15) is 30.9 Å². The van der Waals surface area contributed by atoms with Crippen LogP contribution in [0.2, 0.25) is 0 Å². The fraction of sp³-hybridized carbons (Fsp3) is 0.529. The summed E-state index contributed by atoms with van der Waals surface area (Å²) in [5, 5.41) is 2.73. The topological polar surface area (TPSA) is 71.1 Å². The largest absolute Gasteiger partial charge is 0.497 e. The molecular formula is C17H23N3O4. The second-order valence-corrected chi connectivity index (χ2v) is 6.02. The predicted octanol–water partition coefficient (Wildman–Crippen LogP) is 1.74. The summed E-state index contributed by atoms with van der Waals surface area (Å²) < 4.78 is 10.8. The Balaban J connectivity index is 1.83. The van der Waals surface area contributed by atoms with Gasteiger partial charge in [0.15, 0.2) is 0 Å². The van der Waals surface area contributed by atoms with Gasteiger partial charge in [-0.05, 0) is 31.0 Å². The number of likely N-dealkylation sites (tertiary alicyclic amines) is 1. The highest BCUT2D eigenvalue weighted by molar-refractivity contribution is 5.96. The minimum absolute atomic E-state index is 0.0950. The molecule has 0 radical (unpaired) electrons. The minimum atomic E-state index is -0.311. The highest BCUT2D eigenvalue weighted by Gasteiger charge is 2.34. The number of carbonyl (C=O) groups is 2. The molecule has 1 aromatic carbocycles.